The molecular weight excluding hydrogens is 252 g/mol. The number of aliphatic hydroxyl groups excluding tert-OH is 1. The second kappa shape index (κ2) is 7.41. The fraction of sp³-hybridized carbons (Fsp3) is 0.562. The highest BCUT2D eigenvalue weighted by molar-refractivity contribution is 5.76. The Morgan fingerprint density at radius 3 is 2.65 bits per heavy atom. The summed E-state index contributed by atoms with van der Waals surface area (Å²) in [6.45, 7) is 6.30. The summed E-state index contributed by atoms with van der Waals surface area (Å²) in [6.07, 6.45) is 1.40. The van der Waals surface area contributed by atoms with Crippen molar-refractivity contribution < 1.29 is 9.90 Å². The molecule has 0 atom stereocenters. The fourth-order valence-corrected chi connectivity index (χ4v) is 2.64. The van der Waals surface area contributed by atoms with Crippen LogP contribution in [0.25, 0.3) is 0 Å². The number of nitrogens with zero attached hydrogens (tertiary/aromatic N) is 2. The van der Waals surface area contributed by atoms with Crippen LogP contribution in [0.5, 0.6) is 0 Å². The first-order chi connectivity index (χ1) is 9.69. The molecule has 0 aliphatic carbocycles. The van der Waals surface area contributed by atoms with Gasteiger partial charge in [0, 0.05) is 39.1 Å². The Balaban J connectivity index is 1.76. The molecule has 1 amide bonds. The third kappa shape index (κ3) is 4.32. The van der Waals surface area contributed by atoms with Crippen LogP contribution in [0, 0.1) is 6.92 Å². The molecule has 1 aromatic rings. The fourth-order valence-electron chi connectivity index (χ4n) is 2.64. The number of carbonyl (C=O) groups excluding carboxylic acids is 1. The Morgan fingerprint density at radius 1 is 1.25 bits per heavy atom. The Morgan fingerprint density at radius 2 is 2.00 bits per heavy atom. The van der Waals surface area contributed by atoms with E-state index in [-0.39, 0.29) is 12.5 Å². The third-order valence-electron chi connectivity index (χ3n) is 3.85. The smallest absolute Gasteiger partial charge is 0.222 e. The van der Waals surface area contributed by atoms with Crippen LogP contribution < -0.4 is 0 Å². The molecule has 1 N–H and O–H groups in total. The van der Waals surface area contributed by atoms with Gasteiger partial charge in [0.25, 0.3) is 0 Å². The van der Waals surface area contributed by atoms with Gasteiger partial charge in [-0.3, -0.25) is 9.69 Å². The molecule has 1 aliphatic rings. The van der Waals surface area contributed by atoms with Crippen LogP contribution in [0.2, 0.25) is 0 Å². The summed E-state index contributed by atoms with van der Waals surface area (Å²) >= 11 is 0. The first kappa shape index (κ1) is 15.0. The van der Waals surface area contributed by atoms with Crippen LogP contribution in [0.15, 0.2) is 24.3 Å². The van der Waals surface area contributed by atoms with Crippen LogP contribution in [0.1, 0.15) is 17.5 Å². The molecule has 0 radical (unpaired) electrons. The lowest BCUT2D eigenvalue weighted by atomic mass is 10.1. The van der Waals surface area contributed by atoms with Crippen molar-refractivity contribution in [3.8, 4) is 0 Å². The molecule has 1 saturated heterocycles. The van der Waals surface area contributed by atoms with Gasteiger partial charge >= 0.3 is 0 Å². The van der Waals surface area contributed by atoms with Gasteiger partial charge in [-0.05, 0) is 18.9 Å². The van der Waals surface area contributed by atoms with Crippen molar-refractivity contribution in [2.75, 3.05) is 39.3 Å². The lowest BCUT2D eigenvalue weighted by Gasteiger charge is -2.34. The van der Waals surface area contributed by atoms with E-state index in [1.165, 1.54) is 11.1 Å². The number of aryl methyl sites for hydroxylation is 2. The maximum atomic E-state index is 12.2. The van der Waals surface area contributed by atoms with E-state index in [2.05, 4.69) is 30.0 Å². The molecule has 1 aromatic carbocycles. The molecule has 1 heterocycles. The minimum atomic E-state index is 0.196. The lowest BCUT2D eigenvalue weighted by molar-refractivity contribution is -0.132. The summed E-state index contributed by atoms with van der Waals surface area (Å²) in [4.78, 5) is 16.3. The molecule has 0 unspecified atom stereocenters. The quantitative estimate of drug-likeness (QED) is 0.875. The van der Waals surface area contributed by atoms with Gasteiger partial charge in [0.2, 0.25) is 5.91 Å². The minimum absolute atomic E-state index is 0.196. The van der Waals surface area contributed by atoms with Crippen LogP contribution in [0.4, 0.5) is 0 Å². The second-order valence-corrected chi connectivity index (χ2v) is 5.44. The highest BCUT2D eigenvalue weighted by atomic mass is 16.3. The Hall–Kier alpha value is -1.39. The molecule has 1 fully saturated rings. The standard InChI is InChI=1S/C16H24N2O2/c1-14-3-2-4-15(13-14)5-6-16(20)18-9-7-17(8-10-18)11-12-19/h2-4,13,19H,5-12H2,1H3. The maximum absolute atomic E-state index is 12.2. The highest BCUT2D eigenvalue weighted by Gasteiger charge is 2.20. The van der Waals surface area contributed by atoms with Gasteiger partial charge in [-0.2, -0.15) is 0 Å². The molecule has 0 aromatic heterocycles. The zero-order chi connectivity index (χ0) is 14.4. The van der Waals surface area contributed by atoms with E-state index >= 15 is 0 Å². The molecule has 0 spiro atoms. The molecule has 2 rings (SSSR count). The number of piperazine rings is 1. The zero-order valence-electron chi connectivity index (χ0n) is 12.2. The normalized spacial score (nSPS) is 16.4. The third-order valence-corrected chi connectivity index (χ3v) is 3.85. The van der Waals surface area contributed by atoms with Crippen molar-refractivity contribution >= 4 is 5.91 Å². The maximum Gasteiger partial charge on any atom is 0.222 e. The van der Waals surface area contributed by atoms with E-state index < -0.39 is 0 Å². The van der Waals surface area contributed by atoms with Crippen LogP contribution in [-0.4, -0.2) is 60.1 Å². The second-order valence-electron chi connectivity index (χ2n) is 5.44. The molecule has 0 bridgehead atoms. The lowest BCUT2D eigenvalue weighted by Crippen LogP contribution is -2.49. The van der Waals surface area contributed by atoms with Crippen molar-refractivity contribution in [1.29, 1.82) is 0 Å². The summed E-state index contributed by atoms with van der Waals surface area (Å²) in [5.74, 6) is 0.246. The molecule has 20 heavy (non-hydrogen) atoms. The number of hydrogen-bond donors (Lipinski definition) is 1. The van der Waals surface area contributed by atoms with Crippen LogP contribution in [-0.2, 0) is 11.2 Å². The first-order valence-electron chi connectivity index (χ1n) is 7.35. The van der Waals surface area contributed by atoms with Gasteiger partial charge in [0.05, 0.1) is 6.61 Å². The van der Waals surface area contributed by atoms with E-state index in [1.807, 2.05) is 11.0 Å². The topological polar surface area (TPSA) is 43.8 Å². The Kier molecular flexibility index (Phi) is 5.56. The number of benzene rings is 1. The summed E-state index contributed by atoms with van der Waals surface area (Å²) in [5.41, 5.74) is 2.48. The number of β-amino-alcohol motifs (C(OH)–C–C–N with tert-alkyl or cyclic N) is 1. The number of rotatable bonds is 5. The van der Waals surface area contributed by atoms with Gasteiger partial charge in [-0.1, -0.05) is 29.8 Å². The number of hydrogen-bond acceptors (Lipinski definition) is 3. The predicted molar refractivity (Wildman–Crippen MR) is 79.6 cm³/mol. The van der Waals surface area contributed by atoms with Crippen molar-refractivity contribution in [1.82, 2.24) is 9.80 Å². The van der Waals surface area contributed by atoms with Gasteiger partial charge in [-0.25, -0.2) is 0 Å². The largest absolute Gasteiger partial charge is 0.395 e. The average Bonchev–Trinajstić information content (AvgIpc) is 2.46. The highest BCUT2D eigenvalue weighted by Crippen LogP contribution is 2.09. The van der Waals surface area contributed by atoms with E-state index in [0.717, 1.165) is 32.6 Å². The molecule has 4 nitrogen and oxygen atoms in total. The Bertz CT molecular complexity index is 440. The van der Waals surface area contributed by atoms with Crippen LogP contribution in [0.3, 0.4) is 0 Å². The summed E-state index contributed by atoms with van der Waals surface area (Å²) < 4.78 is 0. The summed E-state index contributed by atoms with van der Waals surface area (Å²) in [6, 6.07) is 8.35. The number of aliphatic hydroxyl groups is 1. The van der Waals surface area contributed by atoms with Crippen molar-refractivity contribution in [3.63, 3.8) is 0 Å². The summed E-state index contributed by atoms with van der Waals surface area (Å²) in [5, 5.41) is 8.90. The SMILES string of the molecule is Cc1cccc(CCC(=O)N2CCN(CCO)CC2)c1. The molecule has 110 valence electrons. The van der Waals surface area contributed by atoms with Gasteiger partial charge < -0.3 is 10.0 Å². The van der Waals surface area contributed by atoms with Crippen molar-refractivity contribution in [3.05, 3.63) is 35.4 Å². The first-order valence-corrected chi connectivity index (χ1v) is 7.35. The van der Waals surface area contributed by atoms with Gasteiger partial charge in [0.1, 0.15) is 0 Å². The molecule has 0 saturated carbocycles. The molecular formula is C16H24N2O2. The monoisotopic (exact) mass is 276 g/mol. The van der Waals surface area contributed by atoms with E-state index in [1.54, 1.807) is 0 Å². The zero-order valence-corrected chi connectivity index (χ0v) is 12.2. The van der Waals surface area contributed by atoms with Crippen molar-refractivity contribution in [2.24, 2.45) is 0 Å². The minimum Gasteiger partial charge on any atom is -0.395 e. The molecule has 4 heteroatoms. The molecule has 1 aliphatic heterocycles. The van der Waals surface area contributed by atoms with Crippen LogP contribution >= 0.6 is 0 Å². The predicted octanol–water partition coefficient (Wildman–Crippen LogP) is 1.06. The van der Waals surface area contributed by atoms with E-state index in [4.69, 9.17) is 5.11 Å². The number of amides is 1. The van der Waals surface area contributed by atoms with E-state index in [9.17, 15) is 4.79 Å². The Labute approximate surface area is 121 Å². The van der Waals surface area contributed by atoms with Gasteiger partial charge in [0.15, 0.2) is 0 Å². The van der Waals surface area contributed by atoms with E-state index in [0.29, 0.717) is 13.0 Å². The number of carbonyl (C=O) groups is 1. The summed E-state index contributed by atoms with van der Waals surface area (Å²) in [7, 11) is 0. The van der Waals surface area contributed by atoms with Crippen molar-refractivity contribution in [2.45, 2.75) is 19.8 Å². The van der Waals surface area contributed by atoms with Gasteiger partial charge in [-0.15, -0.1) is 0 Å². The average molecular weight is 276 g/mol.